The molecule has 0 spiro atoms. The fourth-order valence-electron chi connectivity index (χ4n) is 3.84. The van der Waals surface area contributed by atoms with Gasteiger partial charge in [0.2, 0.25) is 0 Å². The molecular weight excluding hydrogens is 368 g/mol. The Morgan fingerprint density at radius 2 is 1.14 bits per heavy atom. The van der Waals surface area contributed by atoms with E-state index in [9.17, 15) is 19.8 Å². The van der Waals surface area contributed by atoms with Gasteiger partial charge in [-0.05, 0) is 12.8 Å². The minimum atomic E-state index is -1.95. The van der Waals surface area contributed by atoms with Gasteiger partial charge in [-0.15, -0.1) is 0 Å². The van der Waals surface area contributed by atoms with Gasteiger partial charge >= 0.3 is 5.97 Å². The highest BCUT2D eigenvalue weighted by Gasteiger charge is 2.40. The maximum absolute atomic E-state index is 12.6. The predicted octanol–water partition coefficient (Wildman–Crippen LogP) is 5.79. The Kier molecular flexibility index (Phi) is 17.3. The first-order valence-corrected chi connectivity index (χ1v) is 12.0. The second-order valence-corrected chi connectivity index (χ2v) is 8.62. The molecule has 0 aliphatic carbocycles. The number of ketones is 1. The van der Waals surface area contributed by atoms with Gasteiger partial charge in [0, 0.05) is 0 Å². The summed E-state index contributed by atoms with van der Waals surface area (Å²) in [7, 11) is 0. The molecule has 0 aliphatic rings. The van der Waals surface area contributed by atoms with Crippen LogP contribution in [0.4, 0.5) is 0 Å². The molecule has 0 bridgehead atoms. The van der Waals surface area contributed by atoms with Crippen LogP contribution in [0.3, 0.4) is 0 Å². The fraction of sp³-hybridized carbons (Fsp3) is 0.917. The van der Waals surface area contributed by atoms with Crippen LogP contribution in [0.25, 0.3) is 0 Å². The SMILES string of the molecule is CCCCCCCCCCC(O)C(=O)C(O)(CCCCCCCCC)CC(=O)O. The van der Waals surface area contributed by atoms with Crippen molar-refractivity contribution in [3.63, 3.8) is 0 Å². The summed E-state index contributed by atoms with van der Waals surface area (Å²) in [6, 6.07) is 0. The van der Waals surface area contributed by atoms with Crippen molar-refractivity contribution in [2.75, 3.05) is 0 Å². The lowest BCUT2D eigenvalue weighted by Gasteiger charge is -2.27. The summed E-state index contributed by atoms with van der Waals surface area (Å²) < 4.78 is 0. The number of hydrogen-bond donors (Lipinski definition) is 3. The van der Waals surface area contributed by atoms with Gasteiger partial charge in [-0.1, -0.05) is 110 Å². The molecular formula is C24H46O5. The van der Waals surface area contributed by atoms with Gasteiger partial charge in [0.15, 0.2) is 5.78 Å². The monoisotopic (exact) mass is 414 g/mol. The lowest BCUT2D eigenvalue weighted by molar-refractivity contribution is -0.157. The molecule has 0 fully saturated rings. The third kappa shape index (κ3) is 14.6. The molecule has 0 rings (SSSR count). The third-order valence-corrected chi connectivity index (χ3v) is 5.73. The minimum absolute atomic E-state index is 0.112. The second kappa shape index (κ2) is 17.9. The van der Waals surface area contributed by atoms with E-state index >= 15 is 0 Å². The van der Waals surface area contributed by atoms with Gasteiger partial charge in [0.05, 0.1) is 6.42 Å². The van der Waals surface area contributed by atoms with Crippen molar-refractivity contribution in [2.24, 2.45) is 0 Å². The Bertz CT molecular complexity index is 423. The fourth-order valence-corrected chi connectivity index (χ4v) is 3.84. The number of aliphatic carboxylic acids is 1. The Balaban J connectivity index is 4.26. The lowest BCUT2D eigenvalue weighted by atomic mass is 9.84. The molecule has 0 aliphatic heterocycles. The van der Waals surface area contributed by atoms with Crippen LogP contribution in [0.1, 0.15) is 129 Å². The number of carboxylic acid groups (broad SMARTS) is 1. The van der Waals surface area contributed by atoms with E-state index in [-0.39, 0.29) is 6.42 Å². The Morgan fingerprint density at radius 1 is 0.724 bits per heavy atom. The topological polar surface area (TPSA) is 94.8 Å². The normalized spacial score (nSPS) is 14.5. The van der Waals surface area contributed by atoms with Crippen LogP contribution in [0.2, 0.25) is 0 Å². The molecule has 172 valence electrons. The minimum Gasteiger partial charge on any atom is -0.481 e. The standard InChI is InChI=1S/C24H46O5/c1-3-5-7-9-11-12-14-16-18-21(25)23(28)24(29,20-22(26)27)19-17-15-13-10-8-6-4-2/h21,25,29H,3-20H2,1-2H3,(H,26,27). The first-order chi connectivity index (χ1) is 13.9. The van der Waals surface area contributed by atoms with Crippen LogP contribution in [-0.4, -0.2) is 38.8 Å². The number of carboxylic acids is 1. The van der Waals surface area contributed by atoms with Crippen LogP contribution in [0.5, 0.6) is 0 Å². The summed E-state index contributed by atoms with van der Waals surface area (Å²) in [4.78, 5) is 23.7. The first kappa shape index (κ1) is 28.1. The molecule has 0 radical (unpaired) electrons. The zero-order valence-corrected chi connectivity index (χ0v) is 19.0. The number of unbranched alkanes of at least 4 members (excludes halogenated alkanes) is 13. The van der Waals surface area contributed by atoms with Crippen molar-refractivity contribution in [3.05, 3.63) is 0 Å². The Hall–Kier alpha value is -0.940. The van der Waals surface area contributed by atoms with E-state index in [4.69, 9.17) is 5.11 Å². The molecule has 2 atom stereocenters. The van der Waals surface area contributed by atoms with E-state index in [1.165, 1.54) is 51.4 Å². The van der Waals surface area contributed by atoms with Gasteiger partial charge in [0.1, 0.15) is 11.7 Å². The number of aliphatic hydroxyl groups excluding tert-OH is 1. The molecule has 0 aromatic carbocycles. The number of rotatable bonds is 21. The number of carbonyl (C=O) groups is 2. The average Bonchev–Trinajstić information content (AvgIpc) is 2.68. The zero-order valence-electron chi connectivity index (χ0n) is 19.0. The molecule has 5 nitrogen and oxygen atoms in total. The first-order valence-electron chi connectivity index (χ1n) is 12.0. The van der Waals surface area contributed by atoms with Crippen LogP contribution in [0.15, 0.2) is 0 Å². The van der Waals surface area contributed by atoms with E-state index in [0.717, 1.165) is 38.5 Å². The van der Waals surface area contributed by atoms with Crippen molar-refractivity contribution in [2.45, 2.75) is 141 Å². The molecule has 3 N–H and O–H groups in total. The van der Waals surface area contributed by atoms with Gasteiger partial charge in [-0.2, -0.15) is 0 Å². The molecule has 0 heterocycles. The zero-order chi connectivity index (χ0) is 22.0. The maximum atomic E-state index is 12.6. The third-order valence-electron chi connectivity index (χ3n) is 5.73. The number of aliphatic hydroxyl groups is 2. The van der Waals surface area contributed by atoms with E-state index in [2.05, 4.69) is 13.8 Å². The van der Waals surface area contributed by atoms with Crippen molar-refractivity contribution in [3.8, 4) is 0 Å². The lowest BCUT2D eigenvalue weighted by Crippen LogP contribution is -2.46. The van der Waals surface area contributed by atoms with Crippen LogP contribution < -0.4 is 0 Å². The smallest absolute Gasteiger partial charge is 0.306 e. The van der Waals surface area contributed by atoms with E-state index in [1.54, 1.807) is 0 Å². The quantitative estimate of drug-likeness (QED) is 0.207. The highest BCUT2D eigenvalue weighted by atomic mass is 16.4. The highest BCUT2D eigenvalue weighted by molar-refractivity contribution is 5.93. The summed E-state index contributed by atoms with van der Waals surface area (Å²) in [5.41, 5.74) is -1.95. The molecule has 2 unspecified atom stereocenters. The maximum Gasteiger partial charge on any atom is 0.306 e. The largest absolute Gasteiger partial charge is 0.481 e. The molecule has 0 saturated heterocycles. The summed E-state index contributed by atoms with van der Waals surface area (Å²) in [5.74, 6) is -1.92. The van der Waals surface area contributed by atoms with Gasteiger partial charge in [0.25, 0.3) is 0 Å². The highest BCUT2D eigenvalue weighted by Crippen LogP contribution is 2.24. The number of hydrogen-bond acceptors (Lipinski definition) is 4. The molecule has 0 amide bonds. The molecule has 0 aromatic rings. The van der Waals surface area contributed by atoms with Gasteiger partial charge < -0.3 is 15.3 Å². The van der Waals surface area contributed by atoms with Gasteiger partial charge in [-0.25, -0.2) is 0 Å². The Morgan fingerprint density at radius 3 is 1.59 bits per heavy atom. The van der Waals surface area contributed by atoms with E-state index < -0.39 is 29.9 Å². The number of Topliss-reactive ketones (excluding diaryl/α,β-unsaturated/α-hetero) is 1. The Labute approximate surface area is 178 Å². The van der Waals surface area contributed by atoms with E-state index in [0.29, 0.717) is 12.8 Å². The molecule has 0 aromatic heterocycles. The molecule has 29 heavy (non-hydrogen) atoms. The van der Waals surface area contributed by atoms with Crippen molar-refractivity contribution in [1.82, 2.24) is 0 Å². The van der Waals surface area contributed by atoms with Gasteiger partial charge in [-0.3, -0.25) is 9.59 Å². The summed E-state index contributed by atoms with van der Waals surface area (Å²) in [6.07, 6.45) is 14.6. The van der Waals surface area contributed by atoms with Crippen LogP contribution >= 0.6 is 0 Å². The van der Waals surface area contributed by atoms with Crippen LogP contribution in [-0.2, 0) is 9.59 Å². The molecule has 0 saturated carbocycles. The van der Waals surface area contributed by atoms with Crippen molar-refractivity contribution in [1.29, 1.82) is 0 Å². The summed E-state index contributed by atoms with van der Waals surface area (Å²) >= 11 is 0. The van der Waals surface area contributed by atoms with Crippen LogP contribution in [0, 0.1) is 0 Å². The summed E-state index contributed by atoms with van der Waals surface area (Å²) in [6.45, 7) is 4.36. The summed E-state index contributed by atoms with van der Waals surface area (Å²) in [5, 5.41) is 30.1. The second-order valence-electron chi connectivity index (χ2n) is 8.62. The van der Waals surface area contributed by atoms with Crippen molar-refractivity contribution >= 4 is 11.8 Å². The molecule has 5 heteroatoms. The van der Waals surface area contributed by atoms with Crippen molar-refractivity contribution < 1.29 is 24.9 Å². The van der Waals surface area contributed by atoms with E-state index in [1.807, 2.05) is 0 Å². The number of carbonyl (C=O) groups excluding carboxylic acids is 1. The predicted molar refractivity (Wildman–Crippen MR) is 118 cm³/mol. The average molecular weight is 415 g/mol.